The maximum absolute atomic E-state index is 13.4. The zero-order valence-corrected chi connectivity index (χ0v) is 11.8. The first kappa shape index (κ1) is 15.2. The van der Waals surface area contributed by atoms with Gasteiger partial charge in [0.05, 0.1) is 24.3 Å². The molecule has 1 heterocycles. The average Bonchev–Trinajstić information content (AvgIpc) is 2.48. The van der Waals surface area contributed by atoms with Crippen molar-refractivity contribution in [2.45, 2.75) is 18.9 Å². The minimum Gasteiger partial charge on any atom is -0.394 e. The maximum atomic E-state index is 13.4. The van der Waals surface area contributed by atoms with Gasteiger partial charge in [0.15, 0.2) is 0 Å². The van der Waals surface area contributed by atoms with Crippen molar-refractivity contribution in [1.29, 1.82) is 0 Å². The van der Waals surface area contributed by atoms with E-state index in [0.717, 1.165) is 12.8 Å². The molecular formula is C14H17ClFNO3. The van der Waals surface area contributed by atoms with E-state index >= 15 is 0 Å². The summed E-state index contributed by atoms with van der Waals surface area (Å²) in [5.74, 6) is -0.778. The van der Waals surface area contributed by atoms with E-state index in [9.17, 15) is 9.18 Å². The molecule has 0 spiro atoms. The van der Waals surface area contributed by atoms with Gasteiger partial charge in [-0.15, -0.1) is 0 Å². The molecule has 1 aromatic carbocycles. The fourth-order valence-electron chi connectivity index (χ4n) is 2.26. The van der Waals surface area contributed by atoms with Gasteiger partial charge in [-0.3, -0.25) is 4.79 Å². The highest BCUT2D eigenvalue weighted by molar-refractivity contribution is 6.30. The molecule has 0 aliphatic carbocycles. The molecule has 20 heavy (non-hydrogen) atoms. The largest absolute Gasteiger partial charge is 0.394 e. The normalized spacial score (nSPS) is 16.4. The van der Waals surface area contributed by atoms with Crippen LogP contribution >= 0.6 is 11.6 Å². The molecule has 6 heteroatoms. The second-order valence-corrected chi connectivity index (χ2v) is 5.12. The molecule has 1 saturated heterocycles. The Balaban J connectivity index is 1.92. The van der Waals surface area contributed by atoms with E-state index in [1.807, 2.05) is 0 Å². The van der Waals surface area contributed by atoms with Crippen molar-refractivity contribution in [1.82, 2.24) is 4.90 Å². The van der Waals surface area contributed by atoms with Crippen LogP contribution in [-0.4, -0.2) is 48.3 Å². The van der Waals surface area contributed by atoms with Gasteiger partial charge < -0.3 is 14.7 Å². The summed E-state index contributed by atoms with van der Waals surface area (Å²) in [5, 5.41) is 8.71. The Morgan fingerprint density at radius 1 is 1.45 bits per heavy atom. The predicted octanol–water partition coefficient (Wildman–Crippen LogP) is 2.09. The Morgan fingerprint density at radius 3 is 2.75 bits per heavy atom. The summed E-state index contributed by atoms with van der Waals surface area (Å²) in [6, 6.07) is 4.09. The number of benzene rings is 1. The fourth-order valence-corrected chi connectivity index (χ4v) is 2.37. The Morgan fingerprint density at radius 2 is 2.15 bits per heavy atom. The van der Waals surface area contributed by atoms with Gasteiger partial charge in [-0.1, -0.05) is 11.6 Å². The molecule has 1 aliphatic rings. The highest BCUT2D eigenvalue weighted by Crippen LogP contribution is 2.19. The number of carbonyl (C=O) groups excluding carboxylic acids is 1. The quantitative estimate of drug-likeness (QED) is 0.926. The summed E-state index contributed by atoms with van der Waals surface area (Å²) in [4.78, 5) is 13.9. The van der Waals surface area contributed by atoms with Gasteiger partial charge in [-0.05, 0) is 31.0 Å². The molecule has 1 fully saturated rings. The van der Waals surface area contributed by atoms with Crippen LogP contribution in [-0.2, 0) is 4.74 Å². The van der Waals surface area contributed by atoms with Crippen molar-refractivity contribution in [3.05, 3.63) is 34.6 Å². The molecular weight excluding hydrogens is 285 g/mol. The van der Waals surface area contributed by atoms with Gasteiger partial charge in [0.25, 0.3) is 5.91 Å². The zero-order valence-electron chi connectivity index (χ0n) is 11.0. The predicted molar refractivity (Wildman–Crippen MR) is 73.4 cm³/mol. The Hall–Kier alpha value is -1.17. The number of carbonyl (C=O) groups is 1. The van der Waals surface area contributed by atoms with E-state index < -0.39 is 5.82 Å². The second kappa shape index (κ2) is 7.02. The van der Waals surface area contributed by atoms with Gasteiger partial charge in [-0.2, -0.15) is 0 Å². The topological polar surface area (TPSA) is 49.8 Å². The van der Waals surface area contributed by atoms with Crippen LogP contribution in [0.5, 0.6) is 0 Å². The molecule has 2 rings (SSSR count). The third-order valence-corrected chi connectivity index (χ3v) is 3.65. The molecule has 4 nitrogen and oxygen atoms in total. The summed E-state index contributed by atoms with van der Waals surface area (Å²) < 4.78 is 18.8. The molecule has 0 aromatic heterocycles. The first-order valence-corrected chi connectivity index (χ1v) is 6.96. The number of nitrogens with zero attached hydrogens (tertiary/aromatic N) is 1. The summed E-state index contributed by atoms with van der Waals surface area (Å²) in [7, 11) is 0. The Kier molecular flexibility index (Phi) is 5.34. The van der Waals surface area contributed by atoms with E-state index in [0.29, 0.717) is 25.3 Å². The van der Waals surface area contributed by atoms with Crippen LogP contribution in [0.2, 0.25) is 5.02 Å². The van der Waals surface area contributed by atoms with Crippen LogP contribution in [0, 0.1) is 5.82 Å². The highest BCUT2D eigenvalue weighted by Gasteiger charge is 2.24. The SMILES string of the molecule is O=C(c1ccc(Cl)c(F)c1)N1CCC(OCCO)CC1. The molecule has 0 bridgehead atoms. The summed E-state index contributed by atoms with van der Waals surface area (Å²) in [5.41, 5.74) is 0.307. The summed E-state index contributed by atoms with van der Waals surface area (Å²) >= 11 is 5.60. The minimum atomic E-state index is -0.585. The lowest BCUT2D eigenvalue weighted by molar-refractivity contribution is -0.00554. The molecule has 110 valence electrons. The molecule has 1 aliphatic heterocycles. The van der Waals surface area contributed by atoms with Crippen LogP contribution in [0.25, 0.3) is 0 Å². The van der Waals surface area contributed by atoms with Crippen LogP contribution in [0.1, 0.15) is 23.2 Å². The second-order valence-electron chi connectivity index (χ2n) is 4.71. The number of hydrogen-bond donors (Lipinski definition) is 1. The van der Waals surface area contributed by atoms with Crippen LogP contribution in [0.3, 0.4) is 0 Å². The number of piperidine rings is 1. The number of hydrogen-bond acceptors (Lipinski definition) is 3. The number of amides is 1. The molecule has 1 N–H and O–H groups in total. The van der Waals surface area contributed by atoms with E-state index in [1.54, 1.807) is 4.90 Å². The number of ether oxygens (including phenoxy) is 1. The number of halogens is 2. The van der Waals surface area contributed by atoms with Crippen molar-refractivity contribution in [3.63, 3.8) is 0 Å². The van der Waals surface area contributed by atoms with Gasteiger partial charge in [0.1, 0.15) is 5.82 Å². The maximum Gasteiger partial charge on any atom is 0.253 e. The third kappa shape index (κ3) is 3.69. The Bertz CT molecular complexity index is 475. The van der Waals surface area contributed by atoms with Crippen molar-refractivity contribution in [3.8, 4) is 0 Å². The standard InChI is InChI=1S/C14H17ClFNO3/c15-12-2-1-10(9-13(12)16)14(19)17-5-3-11(4-6-17)20-8-7-18/h1-2,9,11,18H,3-8H2. The summed E-state index contributed by atoms with van der Waals surface area (Å²) in [6.45, 7) is 1.46. The fraction of sp³-hybridized carbons (Fsp3) is 0.500. The average molecular weight is 302 g/mol. The molecule has 1 aromatic rings. The van der Waals surface area contributed by atoms with Gasteiger partial charge in [0.2, 0.25) is 0 Å². The van der Waals surface area contributed by atoms with E-state index in [1.165, 1.54) is 18.2 Å². The molecule has 0 radical (unpaired) electrons. The van der Waals surface area contributed by atoms with Crippen molar-refractivity contribution in [2.24, 2.45) is 0 Å². The highest BCUT2D eigenvalue weighted by atomic mass is 35.5. The lowest BCUT2D eigenvalue weighted by atomic mass is 10.1. The van der Waals surface area contributed by atoms with Crippen LogP contribution < -0.4 is 0 Å². The third-order valence-electron chi connectivity index (χ3n) is 3.34. The lowest BCUT2D eigenvalue weighted by Crippen LogP contribution is -2.41. The molecule has 0 unspecified atom stereocenters. The smallest absolute Gasteiger partial charge is 0.253 e. The Labute approximate surface area is 122 Å². The summed E-state index contributed by atoms with van der Waals surface area (Å²) in [6.07, 6.45) is 1.53. The number of likely N-dealkylation sites (tertiary alicyclic amines) is 1. The van der Waals surface area contributed by atoms with Gasteiger partial charge in [-0.25, -0.2) is 4.39 Å². The van der Waals surface area contributed by atoms with Gasteiger partial charge >= 0.3 is 0 Å². The first-order valence-electron chi connectivity index (χ1n) is 6.58. The van der Waals surface area contributed by atoms with E-state index in [-0.39, 0.29) is 23.6 Å². The van der Waals surface area contributed by atoms with Crippen LogP contribution in [0.15, 0.2) is 18.2 Å². The lowest BCUT2D eigenvalue weighted by Gasteiger charge is -2.32. The first-order chi connectivity index (χ1) is 9.61. The number of aliphatic hydroxyl groups excluding tert-OH is 1. The van der Waals surface area contributed by atoms with E-state index in [4.69, 9.17) is 21.4 Å². The van der Waals surface area contributed by atoms with E-state index in [2.05, 4.69) is 0 Å². The number of aliphatic hydroxyl groups is 1. The minimum absolute atomic E-state index is 0.00317. The number of rotatable bonds is 4. The van der Waals surface area contributed by atoms with Crippen molar-refractivity contribution < 1.29 is 19.0 Å². The molecule has 0 atom stereocenters. The van der Waals surface area contributed by atoms with Crippen LogP contribution in [0.4, 0.5) is 4.39 Å². The molecule has 0 saturated carbocycles. The van der Waals surface area contributed by atoms with Crippen molar-refractivity contribution in [2.75, 3.05) is 26.3 Å². The van der Waals surface area contributed by atoms with Crippen molar-refractivity contribution >= 4 is 17.5 Å². The van der Waals surface area contributed by atoms with Gasteiger partial charge in [0, 0.05) is 18.7 Å². The molecule has 1 amide bonds. The monoisotopic (exact) mass is 301 g/mol. The zero-order chi connectivity index (χ0) is 14.5.